The highest BCUT2D eigenvalue weighted by molar-refractivity contribution is 6.99. The zero-order valence-corrected chi connectivity index (χ0v) is 14.2. The molecule has 3 aromatic rings. The number of carbonyl (C=O) groups excluding carboxylic acids is 3. The maximum absolute atomic E-state index is 12.6. The van der Waals surface area contributed by atoms with Gasteiger partial charge in [0.15, 0.2) is 5.69 Å². The lowest BCUT2D eigenvalue weighted by Gasteiger charge is -2.16. The van der Waals surface area contributed by atoms with Crippen LogP contribution in [0.1, 0.15) is 16.1 Å². The molecule has 1 atom stereocenters. The maximum atomic E-state index is 12.6. The number of nitrogens with zero attached hydrogens (tertiary/aromatic N) is 2. The molecule has 0 bridgehead atoms. The number of carbonyl (C=O) groups is 3. The molecule has 8 nitrogen and oxygen atoms in total. The molecule has 0 aliphatic heterocycles. The molecule has 0 radical (unpaired) electrons. The van der Waals surface area contributed by atoms with Crippen LogP contribution in [0.4, 0.5) is 0 Å². The summed E-state index contributed by atoms with van der Waals surface area (Å²) in [5.74, 6) is -2.61. The minimum Gasteiger partial charge on any atom is -0.472 e. The topological polar surface area (TPSA) is 128 Å². The first-order valence-electron chi connectivity index (χ1n) is 7.60. The average Bonchev–Trinajstić information content (AvgIpc) is 3.32. The smallest absolute Gasteiger partial charge is 0.287 e. The Labute approximate surface area is 152 Å². The minimum absolute atomic E-state index is 0.0479. The highest BCUT2D eigenvalue weighted by atomic mass is 32.1. The number of amides is 2. The van der Waals surface area contributed by atoms with Gasteiger partial charge < -0.3 is 15.5 Å². The van der Waals surface area contributed by atoms with Gasteiger partial charge in [0.25, 0.3) is 11.8 Å². The number of furan rings is 1. The van der Waals surface area contributed by atoms with Crippen LogP contribution in [0.5, 0.6) is 0 Å². The van der Waals surface area contributed by atoms with Gasteiger partial charge in [-0.05, 0) is 11.6 Å². The standard InChI is InChI=1S/C17H14N4O4S/c18-16(23)15(22)12(8-10-4-2-1-3-5-10)19-17(24)14-13(20-26-21-14)11-6-7-25-9-11/h1-7,9,12H,8H2,(H2,18,23)(H,19,24). The summed E-state index contributed by atoms with van der Waals surface area (Å²) >= 11 is 0.859. The van der Waals surface area contributed by atoms with E-state index >= 15 is 0 Å². The van der Waals surface area contributed by atoms with Gasteiger partial charge >= 0.3 is 0 Å². The third-order valence-electron chi connectivity index (χ3n) is 3.65. The van der Waals surface area contributed by atoms with Crippen molar-refractivity contribution in [1.82, 2.24) is 14.1 Å². The molecule has 0 fully saturated rings. The molecule has 0 spiro atoms. The summed E-state index contributed by atoms with van der Waals surface area (Å²) in [5.41, 5.74) is 6.87. The summed E-state index contributed by atoms with van der Waals surface area (Å²) in [6.45, 7) is 0. The number of hydrogen-bond acceptors (Lipinski definition) is 7. The van der Waals surface area contributed by atoms with Gasteiger partial charge in [-0.15, -0.1) is 0 Å². The van der Waals surface area contributed by atoms with Gasteiger partial charge in [-0.3, -0.25) is 14.4 Å². The Balaban J connectivity index is 1.83. The molecular weight excluding hydrogens is 356 g/mol. The second-order valence-electron chi connectivity index (χ2n) is 5.42. The van der Waals surface area contributed by atoms with Crippen LogP contribution < -0.4 is 11.1 Å². The fraction of sp³-hybridized carbons (Fsp3) is 0.118. The largest absolute Gasteiger partial charge is 0.472 e. The Kier molecular flexibility index (Phi) is 5.18. The lowest BCUT2D eigenvalue weighted by molar-refractivity contribution is -0.137. The molecule has 3 rings (SSSR count). The maximum Gasteiger partial charge on any atom is 0.287 e. The Hall–Kier alpha value is -3.33. The van der Waals surface area contributed by atoms with Crippen LogP contribution in [0.2, 0.25) is 0 Å². The van der Waals surface area contributed by atoms with Crippen LogP contribution in [0, 0.1) is 0 Å². The van der Waals surface area contributed by atoms with Gasteiger partial charge in [0.2, 0.25) is 5.78 Å². The summed E-state index contributed by atoms with van der Waals surface area (Å²) in [4.78, 5) is 36.1. The molecule has 2 heterocycles. The number of nitrogens with two attached hydrogens (primary N) is 1. The molecule has 3 N–H and O–H groups in total. The van der Waals surface area contributed by atoms with Crippen molar-refractivity contribution >= 4 is 29.3 Å². The molecule has 0 aliphatic carbocycles. The van der Waals surface area contributed by atoms with Crippen LogP contribution in [-0.4, -0.2) is 32.4 Å². The number of ketones is 1. The molecule has 9 heteroatoms. The highest BCUT2D eigenvalue weighted by Crippen LogP contribution is 2.22. The summed E-state index contributed by atoms with van der Waals surface area (Å²) < 4.78 is 13.1. The molecule has 2 amide bonds. The van der Waals surface area contributed by atoms with Crippen LogP contribution in [-0.2, 0) is 16.0 Å². The number of benzene rings is 1. The van der Waals surface area contributed by atoms with Gasteiger partial charge in [0.05, 0.1) is 24.3 Å². The minimum atomic E-state index is -1.11. The van der Waals surface area contributed by atoms with Crippen molar-refractivity contribution in [2.45, 2.75) is 12.5 Å². The quantitative estimate of drug-likeness (QED) is 0.601. The van der Waals surface area contributed by atoms with Crippen molar-refractivity contribution in [1.29, 1.82) is 0 Å². The third kappa shape index (κ3) is 3.83. The Bertz CT molecular complexity index is 921. The molecule has 132 valence electrons. The fourth-order valence-corrected chi connectivity index (χ4v) is 2.95. The molecule has 26 heavy (non-hydrogen) atoms. The number of rotatable bonds is 7. The normalized spacial score (nSPS) is 11.7. The average molecular weight is 370 g/mol. The first-order chi connectivity index (χ1) is 12.6. The van der Waals surface area contributed by atoms with Crippen molar-refractivity contribution in [3.63, 3.8) is 0 Å². The number of nitrogens with one attached hydrogen (secondary N) is 1. The predicted molar refractivity (Wildman–Crippen MR) is 93.2 cm³/mol. The summed E-state index contributed by atoms with van der Waals surface area (Å²) in [5, 5.41) is 2.54. The van der Waals surface area contributed by atoms with E-state index in [4.69, 9.17) is 10.2 Å². The van der Waals surface area contributed by atoms with Gasteiger partial charge in [-0.25, -0.2) is 0 Å². The third-order valence-corrected chi connectivity index (χ3v) is 4.17. The number of primary amides is 1. The van der Waals surface area contributed by atoms with Crippen molar-refractivity contribution in [2.24, 2.45) is 5.73 Å². The summed E-state index contributed by atoms with van der Waals surface area (Å²) in [6.07, 6.45) is 3.02. The van der Waals surface area contributed by atoms with E-state index in [0.717, 1.165) is 17.3 Å². The molecule has 2 aromatic heterocycles. The Morgan fingerprint density at radius 3 is 2.58 bits per heavy atom. The van der Waals surface area contributed by atoms with Crippen LogP contribution >= 0.6 is 11.7 Å². The van der Waals surface area contributed by atoms with E-state index in [1.807, 2.05) is 6.07 Å². The van der Waals surface area contributed by atoms with Gasteiger partial charge in [-0.2, -0.15) is 8.75 Å². The zero-order valence-electron chi connectivity index (χ0n) is 13.4. The van der Waals surface area contributed by atoms with Crippen LogP contribution in [0.15, 0.2) is 53.3 Å². The molecule has 0 aliphatic rings. The zero-order chi connectivity index (χ0) is 18.5. The Morgan fingerprint density at radius 1 is 1.15 bits per heavy atom. The lowest BCUT2D eigenvalue weighted by Crippen LogP contribution is -2.47. The van der Waals surface area contributed by atoms with E-state index < -0.39 is 23.6 Å². The molecule has 0 saturated carbocycles. The van der Waals surface area contributed by atoms with E-state index in [1.165, 1.54) is 12.5 Å². The lowest BCUT2D eigenvalue weighted by atomic mass is 10.0. The monoisotopic (exact) mass is 370 g/mol. The summed E-state index contributed by atoms with van der Waals surface area (Å²) in [7, 11) is 0. The van der Waals surface area contributed by atoms with E-state index in [2.05, 4.69) is 14.1 Å². The van der Waals surface area contributed by atoms with Crippen molar-refractivity contribution in [3.05, 3.63) is 60.2 Å². The van der Waals surface area contributed by atoms with Gasteiger partial charge in [0, 0.05) is 12.0 Å². The van der Waals surface area contributed by atoms with E-state index in [1.54, 1.807) is 30.3 Å². The molecular formula is C17H14N4O4S. The van der Waals surface area contributed by atoms with Gasteiger partial charge in [-0.1, -0.05) is 30.3 Å². The van der Waals surface area contributed by atoms with E-state index in [-0.39, 0.29) is 12.1 Å². The van der Waals surface area contributed by atoms with E-state index in [0.29, 0.717) is 11.3 Å². The van der Waals surface area contributed by atoms with Crippen LogP contribution in [0.25, 0.3) is 11.3 Å². The van der Waals surface area contributed by atoms with E-state index in [9.17, 15) is 14.4 Å². The van der Waals surface area contributed by atoms with Crippen LogP contribution in [0.3, 0.4) is 0 Å². The number of hydrogen-bond donors (Lipinski definition) is 2. The van der Waals surface area contributed by atoms with Crippen molar-refractivity contribution in [3.8, 4) is 11.3 Å². The number of aromatic nitrogens is 2. The first kappa shape index (κ1) is 17.5. The fourth-order valence-electron chi connectivity index (χ4n) is 2.38. The highest BCUT2D eigenvalue weighted by Gasteiger charge is 2.28. The number of Topliss-reactive ketones (excluding diaryl/α,β-unsaturated/α-hetero) is 1. The SMILES string of the molecule is NC(=O)C(=O)C(Cc1ccccc1)NC(=O)c1nsnc1-c1ccoc1. The van der Waals surface area contributed by atoms with Gasteiger partial charge in [0.1, 0.15) is 11.7 Å². The molecule has 0 saturated heterocycles. The second kappa shape index (κ2) is 7.70. The predicted octanol–water partition coefficient (Wildman–Crippen LogP) is 1.19. The first-order valence-corrected chi connectivity index (χ1v) is 8.33. The molecule has 1 unspecified atom stereocenters. The Morgan fingerprint density at radius 2 is 1.92 bits per heavy atom. The van der Waals surface area contributed by atoms with Crippen molar-refractivity contribution in [2.75, 3.05) is 0 Å². The molecule has 1 aromatic carbocycles. The summed E-state index contributed by atoms with van der Waals surface area (Å²) in [6, 6.07) is 9.54. The second-order valence-corrected chi connectivity index (χ2v) is 5.95. The van der Waals surface area contributed by atoms with Crippen molar-refractivity contribution < 1.29 is 18.8 Å².